The summed E-state index contributed by atoms with van der Waals surface area (Å²) in [5, 5.41) is 0. The quantitative estimate of drug-likeness (QED) is 0.308. The van der Waals surface area contributed by atoms with E-state index in [0.29, 0.717) is 39.6 Å². The topological polar surface area (TPSA) is 126 Å². The van der Waals surface area contributed by atoms with Crippen LogP contribution in [-0.4, -0.2) is 88.5 Å². The number of hydrogen-bond acceptors (Lipinski definition) is 8. The van der Waals surface area contributed by atoms with Gasteiger partial charge in [0.1, 0.15) is 13.2 Å². The van der Waals surface area contributed by atoms with Crippen LogP contribution in [0.25, 0.3) is 5.53 Å². The lowest BCUT2D eigenvalue weighted by atomic mass is 10.4. The highest BCUT2D eigenvalue weighted by molar-refractivity contribution is 6.60. The van der Waals surface area contributed by atoms with Gasteiger partial charge in [-0.15, -0.1) is 0 Å². The van der Waals surface area contributed by atoms with E-state index < -0.39 is 17.7 Å². The van der Waals surface area contributed by atoms with Gasteiger partial charge < -0.3 is 34.0 Å². The van der Waals surface area contributed by atoms with E-state index in [1.54, 1.807) is 0 Å². The van der Waals surface area contributed by atoms with Gasteiger partial charge in [-0.1, -0.05) is 0 Å². The summed E-state index contributed by atoms with van der Waals surface area (Å²) in [5.74, 6) is -2.19. The third kappa shape index (κ3) is 9.01. The van der Waals surface area contributed by atoms with Gasteiger partial charge in [0.25, 0.3) is 0 Å². The molecule has 0 amide bonds. The Morgan fingerprint density at radius 1 is 0.609 bits per heavy atom. The fourth-order valence-corrected chi connectivity index (χ4v) is 1.45. The van der Waals surface area contributed by atoms with Crippen molar-refractivity contribution in [1.82, 2.24) is 0 Å². The second-order valence-corrected chi connectivity index (χ2v) is 4.17. The second-order valence-electron chi connectivity index (χ2n) is 4.17. The number of carbonyl (C=O) groups excluding carboxylic acids is 2. The van der Waals surface area contributed by atoms with Crippen molar-refractivity contribution in [2.45, 2.75) is 0 Å². The van der Waals surface area contributed by atoms with E-state index in [-0.39, 0.29) is 26.4 Å². The molecule has 1 heterocycles. The third-order valence-corrected chi connectivity index (χ3v) is 2.52. The third-order valence-electron chi connectivity index (χ3n) is 2.52. The summed E-state index contributed by atoms with van der Waals surface area (Å²) in [6, 6.07) is 0. The molecule has 0 unspecified atom stereocenters. The maximum Gasteiger partial charge on any atom is 0.482 e. The Kier molecular flexibility index (Phi) is 10.6. The highest BCUT2D eigenvalue weighted by Gasteiger charge is 2.33. The average Bonchev–Trinajstić information content (AvgIpc) is 2.54. The molecule has 1 fully saturated rings. The molecule has 0 spiro atoms. The monoisotopic (exact) mass is 332 g/mol. The van der Waals surface area contributed by atoms with E-state index in [2.05, 4.69) is 4.79 Å². The fraction of sp³-hybridized carbons (Fsp3) is 0.769. The van der Waals surface area contributed by atoms with Crippen LogP contribution in [0.5, 0.6) is 0 Å². The van der Waals surface area contributed by atoms with Crippen LogP contribution in [0.3, 0.4) is 0 Å². The van der Waals surface area contributed by atoms with Gasteiger partial charge in [-0.2, -0.15) is 4.79 Å². The van der Waals surface area contributed by atoms with Crippen LogP contribution >= 0.6 is 0 Å². The summed E-state index contributed by atoms with van der Waals surface area (Å²) in [7, 11) is 0. The van der Waals surface area contributed by atoms with Crippen molar-refractivity contribution in [2.75, 3.05) is 66.1 Å². The fourth-order valence-electron chi connectivity index (χ4n) is 1.45. The summed E-state index contributed by atoms with van der Waals surface area (Å²) in [6.07, 6.45) is 0. The zero-order valence-electron chi connectivity index (χ0n) is 12.7. The van der Waals surface area contributed by atoms with Crippen LogP contribution in [0.1, 0.15) is 0 Å². The van der Waals surface area contributed by atoms with Crippen LogP contribution < -0.4 is 0 Å². The van der Waals surface area contributed by atoms with E-state index in [4.69, 9.17) is 34.0 Å². The summed E-state index contributed by atoms with van der Waals surface area (Å²) in [4.78, 5) is 25.7. The lowest BCUT2D eigenvalue weighted by molar-refractivity contribution is -0.150. The lowest BCUT2D eigenvalue weighted by Gasteiger charge is -2.07. The van der Waals surface area contributed by atoms with Crippen LogP contribution in [0.4, 0.5) is 0 Å². The van der Waals surface area contributed by atoms with Crippen molar-refractivity contribution in [3.05, 3.63) is 5.53 Å². The second kappa shape index (κ2) is 12.7. The molecule has 0 aromatic carbocycles. The number of esters is 2. The molecule has 10 heteroatoms. The molecule has 0 aliphatic carbocycles. The van der Waals surface area contributed by atoms with Crippen LogP contribution in [0.15, 0.2) is 0 Å². The van der Waals surface area contributed by atoms with Crippen molar-refractivity contribution in [3.63, 3.8) is 0 Å². The maximum atomic E-state index is 11.6. The molecule has 1 aliphatic rings. The standard InChI is InChI=1S/C13H20N2O8/c14-15-11-12(16)22-9-7-20-5-3-18-1-2-19-4-6-21-8-10-23-13(11)17/h1-10H2. The highest BCUT2D eigenvalue weighted by Crippen LogP contribution is 1.90. The SMILES string of the molecule is [N-]=[N+]=C1C(=O)OCCOCCOCCOCCOCCOC1=O. The normalized spacial score (nSPS) is 21.1. The van der Waals surface area contributed by atoms with Crippen molar-refractivity contribution in [2.24, 2.45) is 0 Å². The molecule has 0 bridgehead atoms. The molecule has 23 heavy (non-hydrogen) atoms. The molecule has 0 saturated carbocycles. The van der Waals surface area contributed by atoms with Gasteiger partial charge in [0.05, 0.1) is 52.9 Å². The van der Waals surface area contributed by atoms with Gasteiger partial charge in [-0.3, -0.25) is 0 Å². The Morgan fingerprint density at radius 2 is 0.913 bits per heavy atom. The molecule has 0 aromatic rings. The van der Waals surface area contributed by atoms with Gasteiger partial charge in [0, 0.05) is 0 Å². The first-order valence-corrected chi connectivity index (χ1v) is 7.13. The molecule has 1 rings (SSSR count). The summed E-state index contributed by atoms with van der Waals surface area (Å²) in [5.41, 5.74) is 7.87. The molecule has 0 aromatic heterocycles. The molecule has 1 saturated heterocycles. The first kappa shape index (κ1) is 19.2. The molecular weight excluding hydrogens is 312 g/mol. The molecule has 0 radical (unpaired) electrons. The lowest BCUT2D eigenvalue weighted by Crippen LogP contribution is -2.31. The number of cyclic esters (lactones) is 2. The number of hydrogen-bond donors (Lipinski definition) is 0. The van der Waals surface area contributed by atoms with Crippen molar-refractivity contribution < 1.29 is 42.8 Å². The number of ether oxygens (including phenoxy) is 6. The average molecular weight is 332 g/mol. The van der Waals surface area contributed by atoms with E-state index in [9.17, 15) is 9.59 Å². The Balaban J connectivity index is 2.43. The first-order valence-electron chi connectivity index (χ1n) is 7.13. The Labute approximate surface area is 133 Å². The predicted molar refractivity (Wildman–Crippen MR) is 73.8 cm³/mol. The first-order chi connectivity index (χ1) is 11.3. The van der Waals surface area contributed by atoms with Crippen LogP contribution in [0, 0.1) is 0 Å². The predicted octanol–water partition coefficient (Wildman–Crippen LogP) is -1.18. The van der Waals surface area contributed by atoms with E-state index >= 15 is 0 Å². The van der Waals surface area contributed by atoms with Gasteiger partial charge in [-0.05, 0) is 0 Å². The zero-order valence-corrected chi connectivity index (χ0v) is 12.7. The minimum absolute atomic E-state index is 0.0998. The van der Waals surface area contributed by atoms with Gasteiger partial charge >= 0.3 is 17.7 Å². The Bertz CT molecular complexity index is 390. The van der Waals surface area contributed by atoms with Crippen LogP contribution in [0.2, 0.25) is 0 Å². The minimum Gasteiger partial charge on any atom is -0.454 e. The molecule has 0 atom stereocenters. The van der Waals surface area contributed by atoms with Crippen LogP contribution in [-0.2, 0) is 38.0 Å². The zero-order chi connectivity index (χ0) is 16.8. The summed E-state index contributed by atoms with van der Waals surface area (Å²) >= 11 is 0. The summed E-state index contributed by atoms with van der Waals surface area (Å²) in [6.45, 7) is 2.31. The van der Waals surface area contributed by atoms with Crippen molar-refractivity contribution >= 4 is 17.7 Å². The minimum atomic E-state index is -1.09. The van der Waals surface area contributed by atoms with Crippen molar-refractivity contribution in [1.29, 1.82) is 0 Å². The van der Waals surface area contributed by atoms with Gasteiger partial charge in [-0.25, -0.2) is 9.59 Å². The number of nitrogens with zero attached hydrogens (tertiary/aromatic N) is 2. The van der Waals surface area contributed by atoms with Gasteiger partial charge in [0.15, 0.2) is 0 Å². The maximum absolute atomic E-state index is 11.6. The molecule has 10 nitrogen and oxygen atoms in total. The molecule has 0 N–H and O–H groups in total. The Hall–Kier alpha value is -1.84. The van der Waals surface area contributed by atoms with Gasteiger partial charge in [0.2, 0.25) is 0 Å². The van der Waals surface area contributed by atoms with E-state index in [0.717, 1.165) is 0 Å². The number of rotatable bonds is 0. The highest BCUT2D eigenvalue weighted by atomic mass is 16.6. The Morgan fingerprint density at radius 3 is 1.22 bits per heavy atom. The smallest absolute Gasteiger partial charge is 0.454 e. The largest absolute Gasteiger partial charge is 0.482 e. The molecule has 1 aliphatic heterocycles. The van der Waals surface area contributed by atoms with Crippen molar-refractivity contribution in [3.8, 4) is 0 Å². The van der Waals surface area contributed by atoms with E-state index in [1.165, 1.54) is 0 Å². The summed E-state index contributed by atoms with van der Waals surface area (Å²) < 4.78 is 30.3. The molecular formula is C13H20N2O8. The molecule has 130 valence electrons. The van der Waals surface area contributed by atoms with E-state index in [1.807, 2.05) is 0 Å². The number of carbonyl (C=O) groups is 2.